The van der Waals surface area contributed by atoms with E-state index in [1.165, 1.54) is 17.7 Å². The zero-order valence-corrected chi connectivity index (χ0v) is 14.0. The third kappa shape index (κ3) is 4.63. The van der Waals surface area contributed by atoms with E-state index in [0.717, 1.165) is 50.9 Å². The van der Waals surface area contributed by atoms with E-state index in [9.17, 15) is 0 Å². The first-order valence-corrected chi connectivity index (χ1v) is 8.18. The molecule has 1 heterocycles. The quantitative estimate of drug-likeness (QED) is 0.498. The predicted octanol–water partition coefficient (Wildman–Crippen LogP) is 2.43. The summed E-state index contributed by atoms with van der Waals surface area (Å²) in [7, 11) is 1.90. The molecule has 0 atom stereocenters. The summed E-state index contributed by atoms with van der Waals surface area (Å²) in [6.45, 7) is 8.64. The van der Waals surface area contributed by atoms with E-state index in [0.29, 0.717) is 0 Å². The van der Waals surface area contributed by atoms with Crippen molar-refractivity contribution in [2.75, 3.05) is 44.8 Å². The highest BCUT2D eigenvalue weighted by molar-refractivity contribution is 5.85. The largest absolute Gasteiger partial charge is 0.378 e. The minimum Gasteiger partial charge on any atom is -0.378 e. The van der Waals surface area contributed by atoms with Gasteiger partial charge in [-0.25, -0.2) is 4.99 Å². The average Bonchev–Trinajstić information content (AvgIpc) is 2.55. The normalized spacial score (nSPS) is 15.8. The molecule has 0 unspecified atom stereocenters. The topological polar surface area (TPSA) is 48.9 Å². The second-order valence-corrected chi connectivity index (χ2v) is 5.58. The van der Waals surface area contributed by atoms with Crippen LogP contribution in [0.4, 0.5) is 11.4 Å². The highest BCUT2D eigenvalue weighted by Gasteiger charge is 2.15. The first-order chi connectivity index (χ1) is 10.7. The van der Waals surface area contributed by atoms with Gasteiger partial charge in [-0.05, 0) is 31.0 Å². The van der Waals surface area contributed by atoms with E-state index >= 15 is 0 Å². The lowest BCUT2D eigenvalue weighted by Gasteiger charge is -2.30. The molecule has 0 bridgehead atoms. The smallest absolute Gasteiger partial charge is 0.196 e. The number of guanidine groups is 1. The lowest BCUT2D eigenvalue weighted by atomic mass is 10.1. The van der Waals surface area contributed by atoms with Crippen molar-refractivity contribution < 1.29 is 4.74 Å². The van der Waals surface area contributed by atoms with Crippen LogP contribution < -0.4 is 15.5 Å². The van der Waals surface area contributed by atoms with Crippen LogP contribution >= 0.6 is 0 Å². The Labute approximate surface area is 133 Å². The van der Waals surface area contributed by atoms with Gasteiger partial charge in [-0.15, -0.1) is 0 Å². The van der Waals surface area contributed by atoms with Gasteiger partial charge in [0, 0.05) is 26.7 Å². The summed E-state index contributed by atoms with van der Waals surface area (Å²) in [6, 6.07) is 6.45. The van der Waals surface area contributed by atoms with Gasteiger partial charge in [-0.2, -0.15) is 0 Å². The zero-order valence-electron chi connectivity index (χ0n) is 14.0. The first-order valence-electron chi connectivity index (χ1n) is 8.18. The molecule has 122 valence electrons. The lowest BCUT2D eigenvalue weighted by Crippen LogP contribution is -2.37. The van der Waals surface area contributed by atoms with Gasteiger partial charge in [0.05, 0.1) is 24.6 Å². The summed E-state index contributed by atoms with van der Waals surface area (Å²) in [5.41, 5.74) is 3.41. The van der Waals surface area contributed by atoms with Gasteiger partial charge in [0.15, 0.2) is 5.96 Å². The molecule has 2 N–H and O–H groups in total. The summed E-state index contributed by atoms with van der Waals surface area (Å²) in [5.74, 6) is 0.827. The maximum absolute atomic E-state index is 5.45. The van der Waals surface area contributed by atoms with Crippen molar-refractivity contribution in [1.29, 1.82) is 0 Å². The molecule has 1 aromatic rings. The number of rotatable bonds is 5. The summed E-state index contributed by atoms with van der Waals surface area (Å²) >= 11 is 0. The molecule has 0 saturated carbocycles. The number of unbranched alkanes of at least 4 members (excludes halogenated alkanes) is 1. The molecule has 0 spiro atoms. The molecule has 22 heavy (non-hydrogen) atoms. The molecule has 5 heteroatoms. The minimum absolute atomic E-state index is 0.782. The van der Waals surface area contributed by atoms with Crippen molar-refractivity contribution in [3.8, 4) is 0 Å². The third-order valence-electron chi connectivity index (χ3n) is 3.77. The monoisotopic (exact) mass is 304 g/mol. The van der Waals surface area contributed by atoms with Gasteiger partial charge in [0.2, 0.25) is 0 Å². The maximum Gasteiger partial charge on any atom is 0.196 e. The number of hydrogen-bond acceptors (Lipinski definition) is 3. The minimum atomic E-state index is 0.782. The van der Waals surface area contributed by atoms with Crippen LogP contribution in [0.25, 0.3) is 0 Å². The average molecular weight is 304 g/mol. The Kier molecular flexibility index (Phi) is 6.52. The lowest BCUT2D eigenvalue weighted by molar-refractivity contribution is 0.123. The van der Waals surface area contributed by atoms with E-state index in [4.69, 9.17) is 9.73 Å². The molecular formula is C17H28N4O. The van der Waals surface area contributed by atoms with Gasteiger partial charge in [-0.3, -0.25) is 0 Å². The fourth-order valence-corrected chi connectivity index (χ4v) is 2.48. The van der Waals surface area contributed by atoms with Gasteiger partial charge in [0.1, 0.15) is 0 Å². The van der Waals surface area contributed by atoms with Crippen molar-refractivity contribution in [2.24, 2.45) is 4.99 Å². The first kappa shape index (κ1) is 16.6. The van der Waals surface area contributed by atoms with E-state index < -0.39 is 0 Å². The standard InChI is InChI=1S/C17H28N4O/c1-4-5-8-19-17(18-3)20-15-13-14(2)6-7-16(15)21-9-11-22-12-10-21/h6-7,13H,4-5,8-12H2,1-3H3,(H2,18,19,20). The number of anilines is 1. The number of hydrogen-bond donors (Lipinski definition) is 2. The van der Waals surface area contributed by atoms with E-state index in [1.807, 2.05) is 7.05 Å². The van der Waals surface area contributed by atoms with Crippen molar-refractivity contribution in [3.63, 3.8) is 0 Å². The van der Waals surface area contributed by atoms with Crippen LogP contribution in [0.2, 0.25) is 0 Å². The molecule has 1 aliphatic heterocycles. The second kappa shape index (κ2) is 8.63. The summed E-state index contributed by atoms with van der Waals surface area (Å²) in [5, 5.41) is 6.52. The Morgan fingerprint density at radius 3 is 2.77 bits per heavy atom. The fraction of sp³-hybridized carbons (Fsp3) is 0.588. The van der Waals surface area contributed by atoms with Crippen molar-refractivity contribution >= 4 is 17.3 Å². The Bertz CT molecular complexity index is 495. The van der Waals surface area contributed by atoms with Crippen molar-refractivity contribution in [2.45, 2.75) is 26.7 Å². The number of ether oxygens (including phenoxy) is 1. The van der Waals surface area contributed by atoms with Crippen LogP contribution in [-0.4, -0.2) is 45.9 Å². The molecule has 0 aromatic heterocycles. The molecule has 2 rings (SSSR count). The molecule has 0 amide bonds. The Morgan fingerprint density at radius 2 is 2.09 bits per heavy atom. The van der Waals surface area contributed by atoms with Crippen LogP contribution in [-0.2, 0) is 4.74 Å². The van der Waals surface area contributed by atoms with Crippen molar-refractivity contribution in [3.05, 3.63) is 23.8 Å². The zero-order chi connectivity index (χ0) is 15.8. The third-order valence-corrected chi connectivity index (χ3v) is 3.77. The summed E-state index contributed by atoms with van der Waals surface area (Å²) in [6.07, 6.45) is 2.32. The second-order valence-electron chi connectivity index (χ2n) is 5.58. The molecule has 5 nitrogen and oxygen atoms in total. The number of aliphatic imine (C=N–C) groups is 1. The van der Waals surface area contributed by atoms with Crippen LogP contribution in [0.1, 0.15) is 25.3 Å². The Balaban J connectivity index is 2.21. The maximum atomic E-state index is 5.45. The number of aryl methyl sites for hydroxylation is 1. The number of benzene rings is 1. The van der Waals surface area contributed by atoms with Gasteiger partial charge in [0.25, 0.3) is 0 Å². The number of morpholine rings is 1. The highest BCUT2D eigenvalue weighted by atomic mass is 16.5. The van der Waals surface area contributed by atoms with Crippen LogP contribution in [0.3, 0.4) is 0 Å². The van der Waals surface area contributed by atoms with Crippen molar-refractivity contribution in [1.82, 2.24) is 10.6 Å². The predicted molar refractivity (Wildman–Crippen MR) is 93.3 cm³/mol. The van der Waals surface area contributed by atoms with Crippen LogP contribution in [0.15, 0.2) is 23.2 Å². The van der Waals surface area contributed by atoms with Gasteiger partial charge < -0.3 is 20.3 Å². The molecule has 1 aromatic carbocycles. The summed E-state index contributed by atoms with van der Waals surface area (Å²) < 4.78 is 5.45. The molecule has 0 aliphatic carbocycles. The molecule has 1 fully saturated rings. The molecule has 1 aliphatic rings. The molecule has 0 radical (unpaired) electrons. The van der Waals surface area contributed by atoms with Crippen LogP contribution in [0, 0.1) is 6.92 Å². The molecule has 1 saturated heterocycles. The van der Waals surface area contributed by atoms with Crippen LogP contribution in [0.5, 0.6) is 0 Å². The Morgan fingerprint density at radius 1 is 1.32 bits per heavy atom. The number of nitrogens with one attached hydrogen (secondary N) is 2. The SMILES string of the molecule is CCCCN/C(=N\c1cc(C)ccc1N1CCOCC1)NC. The van der Waals surface area contributed by atoms with E-state index in [1.54, 1.807) is 0 Å². The van der Waals surface area contributed by atoms with Gasteiger partial charge in [-0.1, -0.05) is 19.4 Å². The van der Waals surface area contributed by atoms with E-state index in [2.05, 4.69) is 47.6 Å². The molecular weight excluding hydrogens is 276 g/mol. The van der Waals surface area contributed by atoms with Gasteiger partial charge >= 0.3 is 0 Å². The summed E-state index contributed by atoms with van der Waals surface area (Å²) in [4.78, 5) is 7.15. The fourth-order valence-electron chi connectivity index (χ4n) is 2.48. The Hall–Kier alpha value is -1.75. The highest BCUT2D eigenvalue weighted by Crippen LogP contribution is 2.30. The van der Waals surface area contributed by atoms with E-state index in [-0.39, 0.29) is 0 Å². The number of nitrogens with zero attached hydrogens (tertiary/aromatic N) is 2.